The molecule has 2 aromatic rings. The highest BCUT2D eigenvalue weighted by Crippen LogP contribution is 2.24. The van der Waals surface area contributed by atoms with E-state index in [0.717, 1.165) is 56.0 Å². The Morgan fingerprint density at radius 3 is 2.76 bits per heavy atom. The van der Waals surface area contributed by atoms with Crippen LogP contribution in [0.1, 0.15) is 57.4 Å². The SMILES string of the molecule is CCCCCCCNC(=O)[C@@H]1CCCN(c2ccc(-c3cccc(C)c3)nn2)C1. The number of aromatic nitrogens is 2. The van der Waals surface area contributed by atoms with E-state index in [1.807, 2.05) is 18.2 Å². The lowest BCUT2D eigenvalue weighted by atomic mass is 9.97. The molecule has 0 bridgehead atoms. The van der Waals surface area contributed by atoms with Crippen molar-refractivity contribution in [1.82, 2.24) is 15.5 Å². The first-order valence-corrected chi connectivity index (χ1v) is 11.1. The van der Waals surface area contributed by atoms with Crippen LogP contribution in [0.5, 0.6) is 0 Å². The number of carbonyl (C=O) groups is 1. The first-order valence-electron chi connectivity index (χ1n) is 11.1. The van der Waals surface area contributed by atoms with E-state index in [1.54, 1.807) is 0 Å². The van der Waals surface area contributed by atoms with Crippen molar-refractivity contribution in [2.24, 2.45) is 5.92 Å². The third-order valence-corrected chi connectivity index (χ3v) is 5.66. The van der Waals surface area contributed by atoms with Crippen molar-refractivity contribution < 1.29 is 4.79 Å². The van der Waals surface area contributed by atoms with Gasteiger partial charge in [-0.25, -0.2) is 0 Å². The van der Waals surface area contributed by atoms with Gasteiger partial charge in [0.25, 0.3) is 0 Å². The number of hydrogen-bond acceptors (Lipinski definition) is 4. The van der Waals surface area contributed by atoms with Crippen LogP contribution in [0.25, 0.3) is 11.3 Å². The van der Waals surface area contributed by atoms with E-state index in [2.05, 4.69) is 52.5 Å². The zero-order valence-electron chi connectivity index (χ0n) is 17.9. The lowest BCUT2D eigenvalue weighted by Crippen LogP contribution is -2.43. The summed E-state index contributed by atoms with van der Waals surface area (Å²) in [5, 5.41) is 12.0. The summed E-state index contributed by atoms with van der Waals surface area (Å²) in [6.07, 6.45) is 8.04. The summed E-state index contributed by atoms with van der Waals surface area (Å²) < 4.78 is 0. The van der Waals surface area contributed by atoms with E-state index in [-0.39, 0.29) is 11.8 Å². The van der Waals surface area contributed by atoms with Crippen LogP contribution in [-0.4, -0.2) is 35.7 Å². The molecule has 1 aromatic heterocycles. The van der Waals surface area contributed by atoms with E-state index in [9.17, 15) is 4.79 Å². The highest BCUT2D eigenvalue weighted by atomic mass is 16.1. The van der Waals surface area contributed by atoms with Gasteiger partial charge in [-0.2, -0.15) is 0 Å². The fourth-order valence-corrected chi connectivity index (χ4v) is 3.94. The third kappa shape index (κ3) is 6.28. The number of carbonyl (C=O) groups excluding carboxylic acids is 1. The van der Waals surface area contributed by atoms with Crippen molar-refractivity contribution in [3.8, 4) is 11.3 Å². The maximum absolute atomic E-state index is 12.6. The number of hydrogen-bond donors (Lipinski definition) is 1. The Hall–Kier alpha value is -2.43. The molecule has 1 saturated heterocycles. The number of aryl methyl sites for hydroxylation is 1. The fourth-order valence-electron chi connectivity index (χ4n) is 3.94. The molecule has 1 aliphatic rings. The summed E-state index contributed by atoms with van der Waals surface area (Å²) >= 11 is 0. The normalized spacial score (nSPS) is 16.6. The number of rotatable bonds is 9. The van der Waals surface area contributed by atoms with Crippen LogP contribution in [0.3, 0.4) is 0 Å². The first-order chi connectivity index (χ1) is 14.2. The molecule has 1 N–H and O–H groups in total. The summed E-state index contributed by atoms with van der Waals surface area (Å²) in [6, 6.07) is 12.3. The topological polar surface area (TPSA) is 58.1 Å². The highest BCUT2D eigenvalue weighted by Gasteiger charge is 2.26. The molecule has 156 valence electrons. The molecule has 1 atom stereocenters. The minimum atomic E-state index is 0.0395. The van der Waals surface area contributed by atoms with E-state index in [4.69, 9.17) is 0 Å². The Labute approximate surface area is 174 Å². The predicted octanol–water partition coefficient (Wildman–Crippen LogP) is 4.76. The fraction of sp³-hybridized carbons (Fsp3) is 0.542. The first kappa shape index (κ1) is 21.3. The standard InChI is InChI=1S/C24H34N4O/c1-3-4-5-6-7-15-25-24(29)21-12-9-16-28(18-21)23-14-13-22(26-27-23)20-11-8-10-19(2)17-20/h8,10-11,13-14,17,21H,3-7,9,12,15-16,18H2,1-2H3,(H,25,29)/t21-/m1/s1. The molecular formula is C24H34N4O. The quantitative estimate of drug-likeness (QED) is 0.623. The second kappa shape index (κ2) is 10.9. The van der Waals surface area contributed by atoms with Gasteiger partial charge in [0, 0.05) is 25.2 Å². The molecule has 0 spiro atoms. The Morgan fingerprint density at radius 2 is 2.00 bits per heavy atom. The van der Waals surface area contributed by atoms with E-state index < -0.39 is 0 Å². The van der Waals surface area contributed by atoms with Gasteiger partial charge in [-0.05, 0) is 44.4 Å². The number of nitrogens with zero attached hydrogens (tertiary/aromatic N) is 3. The van der Waals surface area contributed by atoms with Gasteiger partial charge in [0.1, 0.15) is 0 Å². The van der Waals surface area contributed by atoms with Crippen molar-refractivity contribution >= 4 is 11.7 Å². The Morgan fingerprint density at radius 1 is 1.14 bits per heavy atom. The van der Waals surface area contributed by atoms with Crippen molar-refractivity contribution in [3.05, 3.63) is 42.0 Å². The van der Waals surface area contributed by atoms with Crippen LogP contribution in [-0.2, 0) is 4.79 Å². The Bertz CT molecular complexity index is 775. The summed E-state index contributed by atoms with van der Waals surface area (Å²) in [5.74, 6) is 1.09. The molecular weight excluding hydrogens is 360 g/mol. The molecule has 1 amide bonds. The highest BCUT2D eigenvalue weighted by molar-refractivity contribution is 5.79. The van der Waals surface area contributed by atoms with Crippen molar-refractivity contribution in [2.75, 3.05) is 24.5 Å². The Balaban J connectivity index is 1.51. The summed E-state index contributed by atoms with van der Waals surface area (Å²) in [7, 11) is 0. The van der Waals surface area contributed by atoms with E-state index >= 15 is 0 Å². The summed E-state index contributed by atoms with van der Waals surface area (Å²) in [5.41, 5.74) is 3.18. The second-order valence-corrected chi connectivity index (χ2v) is 8.14. The number of benzene rings is 1. The van der Waals surface area contributed by atoms with Crippen molar-refractivity contribution in [2.45, 2.75) is 58.8 Å². The van der Waals surface area contributed by atoms with E-state index in [1.165, 1.54) is 31.2 Å². The number of unbranched alkanes of at least 4 members (excludes halogenated alkanes) is 4. The zero-order chi connectivity index (χ0) is 20.5. The van der Waals surface area contributed by atoms with Gasteiger partial charge in [-0.1, -0.05) is 56.4 Å². The molecule has 0 radical (unpaired) electrons. The average Bonchev–Trinajstić information content (AvgIpc) is 2.76. The lowest BCUT2D eigenvalue weighted by molar-refractivity contribution is -0.125. The number of anilines is 1. The lowest BCUT2D eigenvalue weighted by Gasteiger charge is -2.32. The summed E-state index contributed by atoms with van der Waals surface area (Å²) in [6.45, 7) is 6.75. The average molecular weight is 395 g/mol. The van der Waals surface area contributed by atoms with Gasteiger partial charge in [0.15, 0.2) is 5.82 Å². The molecule has 0 aliphatic carbocycles. The second-order valence-electron chi connectivity index (χ2n) is 8.14. The van der Waals surface area contributed by atoms with Crippen molar-refractivity contribution in [3.63, 3.8) is 0 Å². The van der Waals surface area contributed by atoms with Crippen LogP contribution in [0.15, 0.2) is 36.4 Å². The third-order valence-electron chi connectivity index (χ3n) is 5.66. The number of nitrogens with one attached hydrogen (secondary N) is 1. The predicted molar refractivity (Wildman–Crippen MR) is 119 cm³/mol. The minimum Gasteiger partial charge on any atom is -0.356 e. The zero-order valence-corrected chi connectivity index (χ0v) is 17.9. The van der Waals surface area contributed by atoms with Gasteiger partial charge in [-0.15, -0.1) is 10.2 Å². The largest absolute Gasteiger partial charge is 0.356 e. The van der Waals surface area contributed by atoms with Gasteiger partial charge in [0.05, 0.1) is 11.6 Å². The van der Waals surface area contributed by atoms with Crippen LogP contribution in [0, 0.1) is 12.8 Å². The molecule has 5 nitrogen and oxygen atoms in total. The monoisotopic (exact) mass is 394 g/mol. The van der Waals surface area contributed by atoms with Gasteiger partial charge in [-0.3, -0.25) is 4.79 Å². The maximum Gasteiger partial charge on any atom is 0.224 e. The van der Waals surface area contributed by atoms with Crippen LogP contribution >= 0.6 is 0 Å². The van der Waals surface area contributed by atoms with Crippen LogP contribution < -0.4 is 10.2 Å². The molecule has 3 rings (SSSR count). The van der Waals surface area contributed by atoms with Crippen LogP contribution in [0.2, 0.25) is 0 Å². The number of amides is 1. The van der Waals surface area contributed by atoms with E-state index in [0.29, 0.717) is 0 Å². The molecule has 1 fully saturated rings. The molecule has 0 saturated carbocycles. The molecule has 29 heavy (non-hydrogen) atoms. The Kier molecular flexibility index (Phi) is 8.03. The summed E-state index contributed by atoms with van der Waals surface area (Å²) in [4.78, 5) is 14.8. The van der Waals surface area contributed by atoms with Gasteiger partial charge >= 0.3 is 0 Å². The molecule has 1 aromatic carbocycles. The van der Waals surface area contributed by atoms with Gasteiger partial charge < -0.3 is 10.2 Å². The molecule has 1 aliphatic heterocycles. The smallest absolute Gasteiger partial charge is 0.224 e. The van der Waals surface area contributed by atoms with Crippen molar-refractivity contribution in [1.29, 1.82) is 0 Å². The molecule has 2 heterocycles. The maximum atomic E-state index is 12.6. The number of piperidine rings is 1. The molecule has 0 unspecified atom stereocenters. The van der Waals surface area contributed by atoms with Gasteiger partial charge in [0.2, 0.25) is 5.91 Å². The minimum absolute atomic E-state index is 0.0395. The van der Waals surface area contributed by atoms with Crippen LogP contribution in [0.4, 0.5) is 5.82 Å². The molecule has 5 heteroatoms.